The minimum atomic E-state index is -0.199. The van der Waals surface area contributed by atoms with Crippen molar-refractivity contribution in [2.45, 2.75) is 6.82 Å². The fourth-order valence-electron chi connectivity index (χ4n) is 1.89. The van der Waals surface area contributed by atoms with E-state index in [1.54, 1.807) is 6.20 Å². The zero-order valence-corrected chi connectivity index (χ0v) is 8.74. The molecule has 0 fully saturated rings. The lowest BCUT2D eigenvalue weighted by Crippen LogP contribution is -2.09. The molecule has 0 aliphatic heterocycles. The van der Waals surface area contributed by atoms with Gasteiger partial charge in [0.2, 0.25) is 0 Å². The summed E-state index contributed by atoms with van der Waals surface area (Å²) in [6.07, 6.45) is 1.67. The predicted molar refractivity (Wildman–Crippen MR) is 65.5 cm³/mol. The summed E-state index contributed by atoms with van der Waals surface area (Å²) >= 11 is 0. The normalized spacial score (nSPS) is 11.1. The van der Waals surface area contributed by atoms with Crippen molar-refractivity contribution in [3.63, 3.8) is 0 Å². The van der Waals surface area contributed by atoms with E-state index in [0.29, 0.717) is 0 Å². The number of nitrogens with zero attached hydrogens (tertiary/aromatic N) is 1. The van der Waals surface area contributed by atoms with Crippen LogP contribution in [-0.2, 0) is 0 Å². The molecule has 2 N–H and O–H groups in total. The molecule has 3 rings (SSSR count). The minimum absolute atomic E-state index is 0.199. The molecule has 16 heavy (non-hydrogen) atoms. The molecule has 5 heteroatoms. The van der Waals surface area contributed by atoms with E-state index in [9.17, 15) is 4.79 Å². The molecule has 0 aliphatic carbocycles. The van der Waals surface area contributed by atoms with Crippen LogP contribution in [0.1, 0.15) is 0 Å². The maximum Gasteiger partial charge on any atom is 0.323 e. The Kier molecular flexibility index (Phi) is 1.86. The third-order valence-electron chi connectivity index (χ3n) is 2.71. The van der Waals surface area contributed by atoms with Crippen molar-refractivity contribution < 1.29 is 0 Å². The number of rotatable bonds is 1. The summed E-state index contributed by atoms with van der Waals surface area (Å²) < 4.78 is 0. The molecule has 4 nitrogen and oxygen atoms in total. The SMILES string of the molecule is C[B]c1ccc2ncc3[nH]c(=O)[nH]c3c2c1. The van der Waals surface area contributed by atoms with Crippen LogP contribution in [0.2, 0.25) is 6.82 Å². The number of H-pyrrole nitrogens is 2. The zero-order chi connectivity index (χ0) is 11.1. The molecular weight excluding hydrogens is 201 g/mol. The van der Waals surface area contributed by atoms with Crippen molar-refractivity contribution in [2.24, 2.45) is 0 Å². The summed E-state index contributed by atoms with van der Waals surface area (Å²) in [4.78, 5) is 21.0. The Labute approximate surface area is 92.0 Å². The fourth-order valence-corrected chi connectivity index (χ4v) is 1.89. The molecule has 0 atom stereocenters. The van der Waals surface area contributed by atoms with Crippen molar-refractivity contribution in [2.75, 3.05) is 0 Å². The first-order chi connectivity index (χ1) is 7.78. The molecule has 0 bridgehead atoms. The molecule has 0 unspecified atom stereocenters. The van der Waals surface area contributed by atoms with E-state index < -0.39 is 0 Å². The summed E-state index contributed by atoms with van der Waals surface area (Å²) in [6.45, 7) is 1.98. The monoisotopic (exact) mass is 210 g/mol. The number of nitrogens with one attached hydrogen (secondary N) is 2. The summed E-state index contributed by atoms with van der Waals surface area (Å²) in [5.74, 6) is 0. The average Bonchev–Trinajstić information content (AvgIpc) is 2.69. The molecular formula is C11H9BN3O. The highest BCUT2D eigenvalue weighted by Crippen LogP contribution is 2.17. The van der Waals surface area contributed by atoms with Crippen molar-refractivity contribution in [3.8, 4) is 0 Å². The maximum absolute atomic E-state index is 11.2. The molecule has 2 aromatic heterocycles. The summed E-state index contributed by atoms with van der Waals surface area (Å²) in [6, 6.07) is 5.98. The molecule has 0 saturated carbocycles. The van der Waals surface area contributed by atoms with Crippen LogP contribution in [0.25, 0.3) is 21.9 Å². The first-order valence-corrected chi connectivity index (χ1v) is 5.08. The van der Waals surface area contributed by atoms with Crippen LogP contribution in [-0.4, -0.2) is 22.2 Å². The molecule has 0 saturated heterocycles. The Balaban J connectivity index is 2.51. The van der Waals surface area contributed by atoms with E-state index in [2.05, 4.69) is 15.0 Å². The molecule has 1 radical (unpaired) electrons. The second-order valence-corrected chi connectivity index (χ2v) is 3.69. The third-order valence-corrected chi connectivity index (χ3v) is 2.71. The Morgan fingerprint density at radius 1 is 1.31 bits per heavy atom. The standard InChI is InChI=1S/C11H9BN3O/c1-12-6-2-3-8-7(4-6)10-9(5-13-8)14-11(16)15-10/h2-5H,1H3,(H2,14,15,16). The molecule has 2 heterocycles. The van der Waals surface area contributed by atoms with E-state index in [1.807, 2.05) is 32.3 Å². The van der Waals surface area contributed by atoms with E-state index in [-0.39, 0.29) is 5.69 Å². The van der Waals surface area contributed by atoms with Gasteiger partial charge < -0.3 is 9.97 Å². The van der Waals surface area contributed by atoms with Crippen molar-refractivity contribution >= 4 is 34.7 Å². The summed E-state index contributed by atoms with van der Waals surface area (Å²) in [5.41, 5.74) is 3.36. The van der Waals surface area contributed by atoms with E-state index in [0.717, 1.165) is 27.4 Å². The van der Waals surface area contributed by atoms with Gasteiger partial charge in [-0.1, -0.05) is 24.4 Å². The number of hydrogen-bond donors (Lipinski definition) is 2. The number of pyridine rings is 1. The summed E-state index contributed by atoms with van der Waals surface area (Å²) in [5, 5.41) is 0.964. The van der Waals surface area contributed by atoms with Gasteiger partial charge in [0.1, 0.15) is 7.28 Å². The van der Waals surface area contributed by atoms with Gasteiger partial charge >= 0.3 is 5.69 Å². The largest absolute Gasteiger partial charge is 0.323 e. The second-order valence-electron chi connectivity index (χ2n) is 3.69. The van der Waals surface area contributed by atoms with Gasteiger partial charge in [0, 0.05) is 5.39 Å². The highest BCUT2D eigenvalue weighted by atomic mass is 16.1. The number of aromatic nitrogens is 3. The van der Waals surface area contributed by atoms with Gasteiger partial charge in [-0.2, -0.15) is 0 Å². The lowest BCUT2D eigenvalue weighted by Gasteiger charge is -2.01. The van der Waals surface area contributed by atoms with Crippen LogP contribution in [0.15, 0.2) is 29.2 Å². The van der Waals surface area contributed by atoms with Crippen LogP contribution in [0.5, 0.6) is 0 Å². The van der Waals surface area contributed by atoms with Gasteiger partial charge in [-0.15, -0.1) is 0 Å². The second kappa shape index (κ2) is 3.23. The maximum atomic E-state index is 11.2. The Morgan fingerprint density at radius 3 is 3.00 bits per heavy atom. The van der Waals surface area contributed by atoms with Gasteiger partial charge in [0.15, 0.2) is 0 Å². The van der Waals surface area contributed by atoms with E-state index >= 15 is 0 Å². The van der Waals surface area contributed by atoms with Crippen LogP contribution >= 0.6 is 0 Å². The molecule has 1 aromatic carbocycles. The van der Waals surface area contributed by atoms with Crippen molar-refractivity contribution in [3.05, 3.63) is 34.9 Å². The van der Waals surface area contributed by atoms with E-state index in [4.69, 9.17) is 0 Å². The number of aromatic amines is 2. The smallest absolute Gasteiger partial charge is 0.305 e. The van der Waals surface area contributed by atoms with Gasteiger partial charge in [-0.25, -0.2) is 4.79 Å². The predicted octanol–water partition coefficient (Wildman–Crippen LogP) is 0.782. The lowest BCUT2D eigenvalue weighted by atomic mass is 9.73. The Morgan fingerprint density at radius 2 is 2.19 bits per heavy atom. The molecule has 0 spiro atoms. The first-order valence-electron chi connectivity index (χ1n) is 5.08. The number of fused-ring (bicyclic) bond motifs is 3. The number of imidazole rings is 1. The third kappa shape index (κ3) is 1.25. The Bertz CT molecular complexity index is 729. The molecule has 3 aromatic rings. The quantitative estimate of drug-likeness (QED) is 0.583. The lowest BCUT2D eigenvalue weighted by molar-refractivity contribution is 1.21. The molecule has 0 aliphatic rings. The van der Waals surface area contributed by atoms with Crippen molar-refractivity contribution in [1.29, 1.82) is 0 Å². The average molecular weight is 210 g/mol. The summed E-state index contributed by atoms with van der Waals surface area (Å²) in [7, 11) is 2.02. The topological polar surface area (TPSA) is 61.5 Å². The molecule has 0 amide bonds. The highest BCUT2D eigenvalue weighted by molar-refractivity contribution is 6.52. The highest BCUT2D eigenvalue weighted by Gasteiger charge is 2.05. The zero-order valence-electron chi connectivity index (χ0n) is 8.74. The van der Waals surface area contributed by atoms with Crippen molar-refractivity contribution in [1.82, 2.24) is 15.0 Å². The minimum Gasteiger partial charge on any atom is -0.305 e. The van der Waals surface area contributed by atoms with Gasteiger partial charge in [-0.3, -0.25) is 4.98 Å². The first kappa shape index (κ1) is 9.21. The Hall–Kier alpha value is -2.04. The van der Waals surface area contributed by atoms with Crippen LogP contribution in [0, 0.1) is 0 Å². The van der Waals surface area contributed by atoms with Gasteiger partial charge in [0.25, 0.3) is 0 Å². The van der Waals surface area contributed by atoms with E-state index in [1.165, 1.54) is 0 Å². The van der Waals surface area contributed by atoms with Crippen LogP contribution < -0.4 is 11.2 Å². The number of hydrogen-bond acceptors (Lipinski definition) is 2. The van der Waals surface area contributed by atoms with Crippen LogP contribution in [0.3, 0.4) is 0 Å². The molecule has 77 valence electrons. The van der Waals surface area contributed by atoms with Gasteiger partial charge in [-0.05, 0) is 6.07 Å². The number of benzene rings is 1. The van der Waals surface area contributed by atoms with Crippen LogP contribution in [0.4, 0.5) is 0 Å². The fraction of sp³-hybridized carbons (Fsp3) is 0.0909. The van der Waals surface area contributed by atoms with Gasteiger partial charge in [0.05, 0.1) is 22.7 Å².